The van der Waals surface area contributed by atoms with E-state index >= 15 is 0 Å². The first kappa shape index (κ1) is 12.9. The number of aliphatic carboxylic acids is 1. The van der Waals surface area contributed by atoms with Crippen molar-refractivity contribution in [1.82, 2.24) is 0 Å². The maximum atomic E-state index is 11.0. The molecule has 1 heterocycles. The summed E-state index contributed by atoms with van der Waals surface area (Å²) in [6, 6.07) is 0. The van der Waals surface area contributed by atoms with Crippen LogP contribution in [0.25, 0.3) is 0 Å². The number of carbonyl (C=O) groups is 1. The molecule has 0 aromatic heterocycles. The summed E-state index contributed by atoms with van der Waals surface area (Å²) in [5.74, 6) is -1.24. The van der Waals surface area contributed by atoms with Crippen molar-refractivity contribution < 1.29 is 14.4 Å². The average molecular weight is 231 g/mol. The number of rotatable bonds is 2. The molecule has 1 aliphatic rings. The molecule has 0 aromatic rings. The van der Waals surface area contributed by atoms with E-state index in [1.807, 2.05) is 0 Å². The lowest BCUT2D eigenvalue weighted by Gasteiger charge is -2.51. The summed E-state index contributed by atoms with van der Waals surface area (Å²) >= 11 is 0. The Morgan fingerprint density at radius 1 is 1.27 bits per heavy atom. The Labute approximate surface area is 93.0 Å². The molecule has 0 amide bonds. The van der Waals surface area contributed by atoms with Crippen LogP contribution >= 0.6 is 8.15 Å². The molecular weight excluding hydrogens is 211 g/mol. The number of hydrogen-bond acceptors (Lipinski definition) is 3. The molecule has 0 unspecified atom stereocenters. The third kappa shape index (κ3) is 2.51. The van der Waals surface area contributed by atoms with E-state index in [9.17, 15) is 9.90 Å². The van der Waals surface area contributed by atoms with Gasteiger partial charge in [0.2, 0.25) is 0 Å². The van der Waals surface area contributed by atoms with Crippen molar-refractivity contribution in [1.29, 1.82) is 0 Å². The van der Waals surface area contributed by atoms with Crippen molar-refractivity contribution in [2.24, 2.45) is 5.92 Å². The van der Waals surface area contributed by atoms with Crippen LogP contribution in [0.5, 0.6) is 0 Å². The molecule has 0 atom stereocenters. The Kier molecular flexibility index (Phi) is 3.47. The van der Waals surface area contributed by atoms with Crippen LogP contribution in [-0.2, 0) is 9.32 Å². The Morgan fingerprint density at radius 3 is 1.93 bits per heavy atom. The molecule has 3 nitrogen and oxygen atoms in total. The van der Waals surface area contributed by atoms with Gasteiger partial charge in [0, 0.05) is 37.5 Å². The average Bonchev–Trinajstić information content (AvgIpc) is 1.99. The zero-order chi connectivity index (χ0) is 11.9. The Bertz CT molecular complexity index is 243. The molecule has 0 aromatic carbocycles. The van der Waals surface area contributed by atoms with Crippen LogP contribution in [-0.4, -0.2) is 23.4 Å². The fourth-order valence-electron chi connectivity index (χ4n) is 2.92. The van der Waals surface area contributed by atoms with Gasteiger partial charge in [-0.05, 0) is 12.8 Å². The van der Waals surface area contributed by atoms with Crippen LogP contribution in [0.2, 0.25) is 0 Å². The predicted molar refractivity (Wildman–Crippen MR) is 59.8 cm³/mol. The second-order valence-corrected chi connectivity index (χ2v) is 8.90. The summed E-state index contributed by atoms with van der Waals surface area (Å²) < 4.78 is 5.60. The molecule has 1 aliphatic heterocycles. The molecule has 1 saturated heterocycles. The topological polar surface area (TPSA) is 49.4 Å². The van der Waals surface area contributed by atoms with Gasteiger partial charge in [0.1, 0.15) is 0 Å². The van der Waals surface area contributed by atoms with Crippen molar-refractivity contribution in [2.45, 2.75) is 50.8 Å². The highest BCUT2D eigenvalue weighted by Gasteiger charge is 2.48. The van der Waals surface area contributed by atoms with Crippen LogP contribution in [0.3, 0.4) is 0 Å². The SMILES string of the molecule is COP1C(C)(C)CC(C(=O)[O-])CC1(C)C. The molecule has 4 heteroatoms. The maximum absolute atomic E-state index is 11.0. The molecule has 1 rings (SSSR count). The van der Waals surface area contributed by atoms with Crippen molar-refractivity contribution in [3.8, 4) is 0 Å². The van der Waals surface area contributed by atoms with Crippen LogP contribution in [0, 0.1) is 5.92 Å². The normalized spacial score (nSPS) is 33.7. The summed E-state index contributed by atoms with van der Waals surface area (Å²) in [6.45, 7) is 8.39. The molecule has 0 bridgehead atoms. The minimum atomic E-state index is -0.915. The van der Waals surface area contributed by atoms with E-state index in [1.165, 1.54) is 0 Å². The molecular formula is C11H20O3P-. The first-order chi connectivity index (χ1) is 6.70. The Hall–Kier alpha value is -0.140. The fourth-order valence-corrected chi connectivity index (χ4v) is 6.32. The minimum Gasteiger partial charge on any atom is -0.550 e. The van der Waals surface area contributed by atoms with Gasteiger partial charge in [-0.25, -0.2) is 0 Å². The summed E-state index contributed by atoms with van der Waals surface area (Å²) in [5.41, 5.74) is 0. The summed E-state index contributed by atoms with van der Waals surface area (Å²) in [7, 11) is 1.13. The number of carboxylic acid groups (broad SMARTS) is 1. The monoisotopic (exact) mass is 231 g/mol. The lowest BCUT2D eigenvalue weighted by Crippen LogP contribution is -2.46. The van der Waals surface area contributed by atoms with Gasteiger partial charge in [-0.15, -0.1) is 0 Å². The van der Waals surface area contributed by atoms with Gasteiger partial charge < -0.3 is 14.4 Å². The number of carboxylic acids is 1. The standard InChI is InChI=1S/C11H21O3P/c1-10(2)6-8(9(12)13)7-11(3,4)15(10)14-5/h8H,6-7H2,1-5H3,(H,12,13)/p-1. The maximum Gasteiger partial charge on any atom is 0.0446 e. The molecule has 0 spiro atoms. The second-order valence-electron chi connectivity index (χ2n) is 5.53. The van der Waals surface area contributed by atoms with E-state index in [4.69, 9.17) is 4.52 Å². The Morgan fingerprint density at radius 2 is 1.67 bits per heavy atom. The van der Waals surface area contributed by atoms with Crippen molar-refractivity contribution in [3.05, 3.63) is 0 Å². The van der Waals surface area contributed by atoms with Crippen LogP contribution in [0.1, 0.15) is 40.5 Å². The van der Waals surface area contributed by atoms with Gasteiger partial charge in [-0.1, -0.05) is 27.7 Å². The van der Waals surface area contributed by atoms with E-state index < -0.39 is 14.1 Å². The molecule has 1 fully saturated rings. The third-order valence-electron chi connectivity index (χ3n) is 3.11. The fraction of sp³-hybridized carbons (Fsp3) is 0.909. The summed E-state index contributed by atoms with van der Waals surface area (Å²) in [5, 5.41) is 10.9. The van der Waals surface area contributed by atoms with Gasteiger partial charge in [-0.2, -0.15) is 0 Å². The van der Waals surface area contributed by atoms with Gasteiger partial charge in [-0.3, -0.25) is 0 Å². The van der Waals surface area contributed by atoms with E-state index in [1.54, 1.807) is 7.11 Å². The summed E-state index contributed by atoms with van der Waals surface area (Å²) in [6.07, 6.45) is 1.33. The van der Waals surface area contributed by atoms with Gasteiger partial charge in [0.05, 0.1) is 0 Å². The molecule has 0 N–H and O–H groups in total. The van der Waals surface area contributed by atoms with Crippen LogP contribution in [0.15, 0.2) is 0 Å². The highest BCUT2D eigenvalue weighted by molar-refractivity contribution is 7.56. The smallest absolute Gasteiger partial charge is 0.0446 e. The van der Waals surface area contributed by atoms with Crippen molar-refractivity contribution >= 4 is 14.1 Å². The van der Waals surface area contributed by atoms with Gasteiger partial charge in [0.15, 0.2) is 0 Å². The quantitative estimate of drug-likeness (QED) is 0.680. The number of carbonyl (C=O) groups excluding carboxylic acids is 1. The first-order valence-corrected chi connectivity index (χ1v) is 6.52. The van der Waals surface area contributed by atoms with E-state index in [2.05, 4.69) is 27.7 Å². The molecule has 0 radical (unpaired) electrons. The van der Waals surface area contributed by atoms with Crippen LogP contribution < -0.4 is 5.11 Å². The Balaban J connectivity index is 2.95. The van der Waals surface area contributed by atoms with E-state index in [0.29, 0.717) is 12.8 Å². The molecule has 15 heavy (non-hydrogen) atoms. The minimum absolute atomic E-state index is 0.0451. The molecule has 0 aliphatic carbocycles. The lowest BCUT2D eigenvalue weighted by molar-refractivity contribution is -0.312. The van der Waals surface area contributed by atoms with Crippen molar-refractivity contribution in [3.63, 3.8) is 0 Å². The first-order valence-electron chi connectivity index (χ1n) is 5.26. The highest BCUT2D eigenvalue weighted by atomic mass is 31.1. The van der Waals surface area contributed by atoms with E-state index in [0.717, 1.165) is 0 Å². The lowest BCUT2D eigenvalue weighted by atomic mass is 9.87. The van der Waals surface area contributed by atoms with Crippen LogP contribution in [0.4, 0.5) is 0 Å². The molecule has 0 saturated carbocycles. The second kappa shape index (κ2) is 4.03. The van der Waals surface area contributed by atoms with Crippen molar-refractivity contribution in [2.75, 3.05) is 7.11 Å². The zero-order valence-electron chi connectivity index (χ0n) is 10.2. The largest absolute Gasteiger partial charge is 0.550 e. The predicted octanol–water partition coefficient (Wildman–Crippen LogP) is 1.75. The van der Waals surface area contributed by atoms with E-state index in [-0.39, 0.29) is 16.2 Å². The third-order valence-corrected chi connectivity index (χ3v) is 6.04. The molecule has 88 valence electrons. The highest BCUT2D eigenvalue weighted by Crippen LogP contribution is 2.66. The zero-order valence-corrected chi connectivity index (χ0v) is 11.1. The number of hydrogen-bond donors (Lipinski definition) is 0. The van der Waals surface area contributed by atoms with Gasteiger partial charge in [0.25, 0.3) is 0 Å². The van der Waals surface area contributed by atoms with Gasteiger partial charge >= 0.3 is 0 Å². The summed E-state index contributed by atoms with van der Waals surface area (Å²) in [4.78, 5) is 11.0.